The summed E-state index contributed by atoms with van der Waals surface area (Å²) in [6, 6.07) is 6.24. The monoisotopic (exact) mass is 403 g/mol. The number of ether oxygens (including phenoxy) is 1. The van der Waals surface area contributed by atoms with Crippen LogP contribution in [-0.2, 0) is 4.74 Å². The SMILES string of the molecule is O=C(c1cnc2ccc(-c3ccn4nc(NC5COC5)ncc34)cn12)N1CCCC1. The normalized spacial score (nSPS) is 17.0. The number of hydrogen-bond acceptors (Lipinski definition) is 6. The maximum absolute atomic E-state index is 12.9. The number of fused-ring (bicyclic) bond motifs is 2. The number of anilines is 1. The molecule has 2 saturated heterocycles. The Labute approximate surface area is 172 Å². The Balaban J connectivity index is 1.36. The Morgan fingerprint density at radius 3 is 2.77 bits per heavy atom. The summed E-state index contributed by atoms with van der Waals surface area (Å²) in [6.45, 7) is 3.00. The van der Waals surface area contributed by atoms with Crippen LogP contribution in [0, 0.1) is 0 Å². The van der Waals surface area contributed by atoms with Crippen LogP contribution in [-0.4, -0.2) is 67.1 Å². The third-order valence-corrected chi connectivity index (χ3v) is 5.82. The zero-order valence-corrected chi connectivity index (χ0v) is 16.4. The lowest BCUT2D eigenvalue weighted by Gasteiger charge is -2.26. The van der Waals surface area contributed by atoms with E-state index in [1.54, 1.807) is 6.20 Å². The maximum atomic E-state index is 12.9. The molecule has 2 aliphatic rings. The van der Waals surface area contributed by atoms with Crippen LogP contribution >= 0.6 is 0 Å². The van der Waals surface area contributed by atoms with Gasteiger partial charge in [0.25, 0.3) is 5.91 Å². The second-order valence-electron chi connectivity index (χ2n) is 7.81. The third-order valence-electron chi connectivity index (χ3n) is 5.82. The van der Waals surface area contributed by atoms with E-state index in [2.05, 4.69) is 20.4 Å². The van der Waals surface area contributed by atoms with Crippen LogP contribution in [0.5, 0.6) is 0 Å². The predicted octanol–water partition coefficient (Wildman–Crippen LogP) is 2.09. The topological polar surface area (TPSA) is 89.1 Å². The summed E-state index contributed by atoms with van der Waals surface area (Å²) in [5.41, 5.74) is 4.24. The van der Waals surface area contributed by atoms with Crippen LogP contribution in [0.2, 0.25) is 0 Å². The summed E-state index contributed by atoms with van der Waals surface area (Å²) in [5, 5.41) is 7.82. The molecule has 2 aliphatic heterocycles. The molecule has 0 atom stereocenters. The number of nitrogens with zero attached hydrogens (tertiary/aromatic N) is 6. The van der Waals surface area contributed by atoms with Crippen molar-refractivity contribution in [2.24, 2.45) is 0 Å². The number of carbonyl (C=O) groups excluding carboxylic acids is 1. The summed E-state index contributed by atoms with van der Waals surface area (Å²) in [5.74, 6) is 0.624. The molecule has 0 spiro atoms. The van der Waals surface area contributed by atoms with Crippen LogP contribution < -0.4 is 5.32 Å². The molecule has 0 bridgehead atoms. The van der Waals surface area contributed by atoms with Gasteiger partial charge in [-0.1, -0.05) is 0 Å². The molecule has 0 radical (unpaired) electrons. The van der Waals surface area contributed by atoms with Crippen molar-refractivity contribution in [3.05, 3.63) is 48.7 Å². The summed E-state index contributed by atoms with van der Waals surface area (Å²) >= 11 is 0. The number of imidazole rings is 1. The fourth-order valence-corrected chi connectivity index (χ4v) is 4.09. The number of likely N-dealkylation sites (tertiary alicyclic amines) is 1. The lowest BCUT2D eigenvalue weighted by molar-refractivity contribution is 0.0207. The molecule has 152 valence electrons. The number of rotatable bonds is 4. The highest BCUT2D eigenvalue weighted by atomic mass is 16.5. The first-order chi connectivity index (χ1) is 14.8. The minimum atomic E-state index is 0.0397. The molecule has 30 heavy (non-hydrogen) atoms. The Hall–Kier alpha value is -3.46. The van der Waals surface area contributed by atoms with Gasteiger partial charge in [0.05, 0.1) is 37.2 Å². The highest BCUT2D eigenvalue weighted by Gasteiger charge is 2.23. The van der Waals surface area contributed by atoms with Gasteiger partial charge < -0.3 is 15.0 Å². The van der Waals surface area contributed by atoms with Crippen LogP contribution in [0.3, 0.4) is 0 Å². The van der Waals surface area contributed by atoms with Crippen LogP contribution in [0.15, 0.2) is 43.0 Å². The minimum absolute atomic E-state index is 0.0397. The molecule has 6 rings (SSSR count). The number of carbonyl (C=O) groups is 1. The number of amides is 1. The minimum Gasteiger partial charge on any atom is -0.377 e. The molecule has 6 heterocycles. The van der Waals surface area contributed by atoms with Gasteiger partial charge in [0.15, 0.2) is 0 Å². The van der Waals surface area contributed by atoms with Crippen molar-refractivity contribution in [2.45, 2.75) is 18.9 Å². The van der Waals surface area contributed by atoms with Crippen molar-refractivity contribution in [3.63, 3.8) is 0 Å². The first-order valence-corrected chi connectivity index (χ1v) is 10.2. The summed E-state index contributed by atoms with van der Waals surface area (Å²) in [7, 11) is 0. The molecule has 9 nitrogen and oxygen atoms in total. The average molecular weight is 403 g/mol. The van der Waals surface area contributed by atoms with Crippen molar-refractivity contribution in [2.75, 3.05) is 31.6 Å². The van der Waals surface area contributed by atoms with Crippen LogP contribution in [0.1, 0.15) is 23.3 Å². The number of nitrogens with one attached hydrogen (secondary N) is 1. The van der Waals surface area contributed by atoms with Gasteiger partial charge in [-0.15, -0.1) is 5.10 Å². The second-order valence-corrected chi connectivity index (χ2v) is 7.81. The Morgan fingerprint density at radius 2 is 1.97 bits per heavy atom. The molecule has 2 fully saturated rings. The highest BCUT2D eigenvalue weighted by Crippen LogP contribution is 2.27. The zero-order chi connectivity index (χ0) is 20.1. The first kappa shape index (κ1) is 17.4. The molecule has 1 N–H and O–H groups in total. The molecule has 0 aliphatic carbocycles. The van der Waals surface area contributed by atoms with Crippen molar-refractivity contribution >= 4 is 23.0 Å². The summed E-state index contributed by atoms with van der Waals surface area (Å²) in [4.78, 5) is 23.7. The quantitative estimate of drug-likeness (QED) is 0.561. The summed E-state index contributed by atoms with van der Waals surface area (Å²) in [6.07, 6.45) is 9.51. The molecule has 4 aromatic rings. The van der Waals surface area contributed by atoms with Crippen molar-refractivity contribution in [1.82, 2.24) is 28.9 Å². The third kappa shape index (κ3) is 2.81. The maximum Gasteiger partial charge on any atom is 0.272 e. The summed E-state index contributed by atoms with van der Waals surface area (Å²) < 4.78 is 8.88. The zero-order valence-electron chi connectivity index (χ0n) is 16.4. The molecule has 0 aromatic carbocycles. The molecular formula is C21H21N7O2. The lowest BCUT2D eigenvalue weighted by Crippen LogP contribution is -2.40. The highest BCUT2D eigenvalue weighted by molar-refractivity contribution is 5.93. The van der Waals surface area contributed by atoms with Gasteiger partial charge >= 0.3 is 0 Å². The van der Waals surface area contributed by atoms with Gasteiger partial charge in [-0.25, -0.2) is 14.5 Å². The first-order valence-electron chi connectivity index (χ1n) is 10.2. The largest absolute Gasteiger partial charge is 0.377 e. The number of hydrogen-bond donors (Lipinski definition) is 1. The van der Waals surface area contributed by atoms with E-state index in [4.69, 9.17) is 4.74 Å². The van der Waals surface area contributed by atoms with Crippen molar-refractivity contribution < 1.29 is 9.53 Å². The van der Waals surface area contributed by atoms with Gasteiger partial charge in [-0.3, -0.25) is 9.20 Å². The van der Waals surface area contributed by atoms with Crippen LogP contribution in [0.25, 0.3) is 22.3 Å². The lowest BCUT2D eigenvalue weighted by atomic mass is 10.1. The van der Waals surface area contributed by atoms with Gasteiger partial charge in [-0.2, -0.15) is 0 Å². The van der Waals surface area contributed by atoms with Crippen molar-refractivity contribution in [1.29, 1.82) is 0 Å². The Kier molecular flexibility index (Phi) is 3.95. The van der Waals surface area contributed by atoms with Gasteiger partial charge in [0.1, 0.15) is 11.3 Å². The molecule has 0 unspecified atom stereocenters. The van der Waals surface area contributed by atoms with E-state index in [0.29, 0.717) is 24.9 Å². The van der Waals surface area contributed by atoms with E-state index in [-0.39, 0.29) is 11.9 Å². The standard InChI is InChI=1S/C21H21N7O2/c29-20(26-6-1-2-7-26)18-10-22-19-4-3-14(11-27(18)19)16-5-8-28-17(16)9-23-21(25-28)24-15-12-30-13-15/h3-5,8-11,15H,1-2,6-7,12-13H2,(H,24,25). The van der Waals surface area contributed by atoms with E-state index < -0.39 is 0 Å². The Bertz CT molecular complexity index is 1250. The fourth-order valence-electron chi connectivity index (χ4n) is 4.09. The van der Waals surface area contributed by atoms with E-state index in [1.165, 1.54) is 0 Å². The average Bonchev–Trinajstić information content (AvgIpc) is 3.48. The number of aromatic nitrogens is 5. The van der Waals surface area contributed by atoms with Crippen LogP contribution in [0.4, 0.5) is 5.95 Å². The van der Waals surface area contributed by atoms with Gasteiger partial charge in [0, 0.05) is 36.6 Å². The smallest absolute Gasteiger partial charge is 0.272 e. The van der Waals surface area contributed by atoms with E-state index in [1.807, 2.05) is 50.6 Å². The van der Waals surface area contributed by atoms with Crippen molar-refractivity contribution in [3.8, 4) is 11.1 Å². The Morgan fingerprint density at radius 1 is 1.10 bits per heavy atom. The molecule has 9 heteroatoms. The molecular weight excluding hydrogens is 382 g/mol. The van der Waals surface area contributed by atoms with E-state index in [9.17, 15) is 4.79 Å². The van der Waals surface area contributed by atoms with Gasteiger partial charge in [0.2, 0.25) is 5.95 Å². The molecule has 1 amide bonds. The molecule has 4 aromatic heterocycles. The van der Waals surface area contributed by atoms with Gasteiger partial charge in [-0.05, 0) is 31.0 Å². The second kappa shape index (κ2) is 6.81. The predicted molar refractivity (Wildman–Crippen MR) is 111 cm³/mol. The molecule has 0 saturated carbocycles. The van der Waals surface area contributed by atoms with E-state index in [0.717, 1.165) is 48.2 Å². The van der Waals surface area contributed by atoms with E-state index >= 15 is 0 Å². The number of pyridine rings is 1. The fraction of sp³-hybridized carbons (Fsp3) is 0.333.